The van der Waals surface area contributed by atoms with Crippen LogP contribution in [-0.2, 0) is 0 Å². The van der Waals surface area contributed by atoms with Crippen LogP contribution in [0, 0.1) is 6.92 Å². The minimum atomic E-state index is -0.130. The van der Waals surface area contributed by atoms with Crippen molar-refractivity contribution in [1.82, 2.24) is 19.6 Å². The Bertz CT molecular complexity index is 588. The lowest BCUT2D eigenvalue weighted by molar-refractivity contribution is 0.0939. The largest absolute Gasteiger partial charge is 0.349 e. The molecule has 0 saturated carbocycles. The highest BCUT2D eigenvalue weighted by molar-refractivity contribution is 5.92. The summed E-state index contributed by atoms with van der Waals surface area (Å²) in [6, 6.07) is 4.24. The number of imidazole rings is 1. The molecule has 5 nitrogen and oxygen atoms in total. The second-order valence-corrected chi connectivity index (χ2v) is 5.12. The first-order valence-electron chi connectivity index (χ1n) is 6.37. The van der Waals surface area contributed by atoms with Crippen LogP contribution >= 0.6 is 0 Å². The second-order valence-electron chi connectivity index (χ2n) is 5.12. The average Bonchev–Trinajstić information content (AvgIpc) is 2.78. The van der Waals surface area contributed by atoms with E-state index in [-0.39, 0.29) is 5.91 Å². The SMILES string of the molecule is Cc1ccn2cc(C(=O)NCC(C)N(C)C)nc2c1. The number of nitrogens with one attached hydrogen (secondary N) is 1. The van der Waals surface area contributed by atoms with Gasteiger partial charge in [0.1, 0.15) is 11.3 Å². The molecule has 0 spiro atoms. The summed E-state index contributed by atoms with van der Waals surface area (Å²) in [6.07, 6.45) is 3.67. The maximum absolute atomic E-state index is 12.0. The molecule has 0 aromatic carbocycles. The normalized spacial score (nSPS) is 12.9. The minimum absolute atomic E-state index is 0.130. The molecule has 1 unspecified atom stereocenters. The van der Waals surface area contributed by atoms with E-state index in [1.807, 2.05) is 43.7 Å². The number of aromatic nitrogens is 2. The summed E-state index contributed by atoms with van der Waals surface area (Å²) < 4.78 is 1.86. The Labute approximate surface area is 113 Å². The van der Waals surface area contributed by atoms with Crippen molar-refractivity contribution in [3.05, 3.63) is 35.8 Å². The summed E-state index contributed by atoms with van der Waals surface area (Å²) in [5.74, 6) is -0.130. The van der Waals surface area contributed by atoms with Gasteiger partial charge in [-0.3, -0.25) is 4.79 Å². The standard InChI is InChI=1S/C14H20N4O/c1-10-5-6-18-9-12(16-13(18)7-10)14(19)15-8-11(2)17(3)4/h5-7,9,11H,8H2,1-4H3,(H,15,19). The number of hydrogen-bond acceptors (Lipinski definition) is 3. The molecule has 1 N–H and O–H groups in total. The van der Waals surface area contributed by atoms with Crippen LogP contribution in [-0.4, -0.2) is 46.9 Å². The van der Waals surface area contributed by atoms with Gasteiger partial charge in [0.25, 0.3) is 5.91 Å². The van der Waals surface area contributed by atoms with Crippen LogP contribution in [0.3, 0.4) is 0 Å². The lowest BCUT2D eigenvalue weighted by Crippen LogP contribution is -2.38. The van der Waals surface area contributed by atoms with Crippen LogP contribution in [0.5, 0.6) is 0 Å². The van der Waals surface area contributed by atoms with E-state index in [1.165, 1.54) is 0 Å². The molecule has 1 amide bonds. The Balaban J connectivity index is 2.09. The van der Waals surface area contributed by atoms with Crippen LogP contribution in [0.1, 0.15) is 23.0 Å². The number of fused-ring (bicyclic) bond motifs is 1. The molecule has 2 heterocycles. The topological polar surface area (TPSA) is 49.6 Å². The Kier molecular flexibility index (Phi) is 3.85. The van der Waals surface area contributed by atoms with Crippen molar-refractivity contribution in [2.75, 3.05) is 20.6 Å². The zero-order valence-corrected chi connectivity index (χ0v) is 11.8. The molecular weight excluding hydrogens is 240 g/mol. The molecule has 2 rings (SSSR count). The van der Waals surface area contributed by atoms with Crippen molar-refractivity contribution in [2.45, 2.75) is 19.9 Å². The Morgan fingerprint density at radius 3 is 2.95 bits per heavy atom. The van der Waals surface area contributed by atoms with Gasteiger partial charge in [0.2, 0.25) is 0 Å². The fourth-order valence-corrected chi connectivity index (χ4v) is 1.71. The van der Waals surface area contributed by atoms with E-state index in [0.29, 0.717) is 18.3 Å². The van der Waals surface area contributed by atoms with Gasteiger partial charge in [0.05, 0.1) is 0 Å². The molecular formula is C14H20N4O. The van der Waals surface area contributed by atoms with Gasteiger partial charge in [0, 0.05) is 25.0 Å². The molecule has 102 valence electrons. The number of nitrogens with zero attached hydrogens (tertiary/aromatic N) is 3. The third-order valence-corrected chi connectivity index (χ3v) is 3.29. The lowest BCUT2D eigenvalue weighted by Gasteiger charge is -2.19. The smallest absolute Gasteiger partial charge is 0.271 e. The zero-order valence-electron chi connectivity index (χ0n) is 11.8. The van der Waals surface area contributed by atoms with Crippen molar-refractivity contribution in [1.29, 1.82) is 0 Å². The molecule has 0 saturated heterocycles. The second kappa shape index (κ2) is 5.40. The maximum Gasteiger partial charge on any atom is 0.271 e. The Morgan fingerprint density at radius 1 is 1.53 bits per heavy atom. The summed E-state index contributed by atoms with van der Waals surface area (Å²) in [6.45, 7) is 4.68. The highest BCUT2D eigenvalue weighted by Gasteiger charge is 2.12. The monoisotopic (exact) mass is 260 g/mol. The predicted molar refractivity (Wildman–Crippen MR) is 75.4 cm³/mol. The fraction of sp³-hybridized carbons (Fsp3) is 0.429. The van der Waals surface area contributed by atoms with Gasteiger partial charge < -0.3 is 14.6 Å². The molecule has 2 aromatic heterocycles. The minimum Gasteiger partial charge on any atom is -0.349 e. The molecule has 2 aromatic rings. The molecule has 0 aliphatic heterocycles. The van der Waals surface area contributed by atoms with Gasteiger partial charge in [-0.1, -0.05) is 0 Å². The van der Waals surface area contributed by atoms with Crippen LogP contribution < -0.4 is 5.32 Å². The first-order chi connectivity index (χ1) is 8.97. The van der Waals surface area contributed by atoms with E-state index in [1.54, 1.807) is 6.20 Å². The Morgan fingerprint density at radius 2 is 2.26 bits per heavy atom. The Hall–Kier alpha value is -1.88. The summed E-state index contributed by atoms with van der Waals surface area (Å²) in [5, 5.41) is 2.90. The summed E-state index contributed by atoms with van der Waals surface area (Å²) in [5.41, 5.74) is 2.38. The quantitative estimate of drug-likeness (QED) is 0.902. The van der Waals surface area contributed by atoms with Gasteiger partial charge in [-0.15, -0.1) is 0 Å². The highest BCUT2D eigenvalue weighted by atomic mass is 16.1. The number of amides is 1. The number of hydrogen-bond donors (Lipinski definition) is 1. The molecule has 0 aliphatic rings. The first kappa shape index (κ1) is 13.5. The van der Waals surface area contributed by atoms with Crippen molar-refractivity contribution < 1.29 is 4.79 Å². The molecule has 0 bridgehead atoms. The van der Waals surface area contributed by atoms with Crippen molar-refractivity contribution in [3.8, 4) is 0 Å². The number of carbonyl (C=O) groups is 1. The van der Waals surface area contributed by atoms with E-state index in [4.69, 9.17) is 0 Å². The van der Waals surface area contributed by atoms with E-state index in [0.717, 1.165) is 11.2 Å². The fourth-order valence-electron chi connectivity index (χ4n) is 1.71. The zero-order chi connectivity index (χ0) is 14.0. The third-order valence-electron chi connectivity index (χ3n) is 3.29. The van der Waals surface area contributed by atoms with Gasteiger partial charge in [0.15, 0.2) is 0 Å². The molecule has 0 radical (unpaired) electrons. The third kappa shape index (κ3) is 3.12. The number of aryl methyl sites for hydroxylation is 1. The number of likely N-dealkylation sites (N-methyl/N-ethyl adjacent to an activating group) is 1. The average molecular weight is 260 g/mol. The van der Waals surface area contributed by atoms with E-state index >= 15 is 0 Å². The predicted octanol–water partition coefficient (Wildman–Crippen LogP) is 1.32. The maximum atomic E-state index is 12.0. The van der Waals surface area contributed by atoms with Crippen molar-refractivity contribution >= 4 is 11.6 Å². The van der Waals surface area contributed by atoms with Crippen LogP contribution in [0.15, 0.2) is 24.5 Å². The molecule has 1 atom stereocenters. The molecule has 5 heteroatoms. The summed E-state index contributed by atoms with van der Waals surface area (Å²) >= 11 is 0. The van der Waals surface area contributed by atoms with Crippen LogP contribution in [0.25, 0.3) is 5.65 Å². The van der Waals surface area contributed by atoms with E-state index in [2.05, 4.69) is 22.1 Å². The molecule has 0 fully saturated rings. The van der Waals surface area contributed by atoms with E-state index in [9.17, 15) is 4.79 Å². The van der Waals surface area contributed by atoms with Gasteiger partial charge in [-0.25, -0.2) is 4.98 Å². The van der Waals surface area contributed by atoms with Crippen molar-refractivity contribution in [3.63, 3.8) is 0 Å². The molecule has 19 heavy (non-hydrogen) atoms. The number of carbonyl (C=O) groups excluding carboxylic acids is 1. The number of pyridine rings is 1. The van der Waals surface area contributed by atoms with Crippen LogP contribution in [0.4, 0.5) is 0 Å². The first-order valence-corrected chi connectivity index (χ1v) is 6.37. The highest BCUT2D eigenvalue weighted by Crippen LogP contribution is 2.07. The number of rotatable bonds is 4. The summed E-state index contributed by atoms with van der Waals surface area (Å²) in [7, 11) is 3.98. The van der Waals surface area contributed by atoms with Gasteiger partial charge in [-0.2, -0.15) is 0 Å². The summed E-state index contributed by atoms with van der Waals surface area (Å²) in [4.78, 5) is 18.4. The van der Waals surface area contributed by atoms with Gasteiger partial charge in [-0.05, 0) is 45.6 Å². The molecule has 0 aliphatic carbocycles. The lowest BCUT2D eigenvalue weighted by atomic mass is 10.3. The van der Waals surface area contributed by atoms with E-state index < -0.39 is 0 Å². The van der Waals surface area contributed by atoms with Crippen LogP contribution in [0.2, 0.25) is 0 Å². The van der Waals surface area contributed by atoms with Gasteiger partial charge >= 0.3 is 0 Å². The van der Waals surface area contributed by atoms with Crippen molar-refractivity contribution in [2.24, 2.45) is 0 Å².